The lowest BCUT2D eigenvalue weighted by atomic mass is 10.2. The van der Waals surface area contributed by atoms with E-state index >= 15 is 0 Å². The molecule has 0 rings (SSSR count). The largest absolute Gasteiger partial charge is 0.0991 e. The monoisotopic (exact) mass is 234 g/mol. The van der Waals surface area contributed by atoms with Crippen molar-refractivity contribution in [3.05, 3.63) is 36.5 Å². The van der Waals surface area contributed by atoms with Gasteiger partial charge in [-0.15, -0.1) is 0 Å². The van der Waals surface area contributed by atoms with Gasteiger partial charge in [0.2, 0.25) is 0 Å². The first-order valence-electron chi connectivity index (χ1n) is 2.85. The summed E-state index contributed by atoms with van der Waals surface area (Å²) in [4.78, 5) is 0. The maximum atomic E-state index is 3.62. The molecule has 0 bridgehead atoms. The van der Waals surface area contributed by atoms with Crippen molar-refractivity contribution in [1.29, 1.82) is 0 Å². The van der Waals surface area contributed by atoms with Gasteiger partial charge in [-0.2, -0.15) is 0 Å². The molecule has 0 radical (unpaired) electrons. The van der Waals surface area contributed by atoms with Crippen LogP contribution in [0.4, 0.5) is 0 Å². The summed E-state index contributed by atoms with van der Waals surface area (Å²) < 4.78 is 1.05. The van der Waals surface area contributed by atoms with Crippen LogP contribution in [0.3, 0.4) is 0 Å². The Morgan fingerprint density at radius 3 is 2.67 bits per heavy atom. The first-order chi connectivity index (χ1) is 4.35. The molecular formula is C8H11I. The zero-order valence-corrected chi connectivity index (χ0v) is 7.76. The number of allylic oxidation sites excluding steroid dienone is 5. The van der Waals surface area contributed by atoms with E-state index in [0.29, 0.717) is 0 Å². The summed E-state index contributed by atoms with van der Waals surface area (Å²) in [5.74, 6) is 0. The predicted molar refractivity (Wildman–Crippen MR) is 52.0 cm³/mol. The van der Waals surface area contributed by atoms with Crippen LogP contribution in [0.2, 0.25) is 0 Å². The lowest BCUT2D eigenvalue weighted by Gasteiger charge is -1.89. The SMILES string of the molecule is C=C/C=C(\C=C/C)CI. The van der Waals surface area contributed by atoms with Crippen molar-refractivity contribution in [3.63, 3.8) is 0 Å². The molecule has 0 aliphatic rings. The van der Waals surface area contributed by atoms with E-state index in [4.69, 9.17) is 0 Å². The van der Waals surface area contributed by atoms with Crippen LogP contribution in [0.15, 0.2) is 36.5 Å². The third-order valence-electron chi connectivity index (χ3n) is 0.867. The molecule has 0 unspecified atom stereocenters. The second-order valence-corrected chi connectivity index (χ2v) is 2.37. The smallest absolute Gasteiger partial charge is 0.0246 e. The second kappa shape index (κ2) is 6.08. The highest BCUT2D eigenvalue weighted by Crippen LogP contribution is 2.01. The highest BCUT2D eigenvalue weighted by Gasteiger charge is 1.82. The second-order valence-electron chi connectivity index (χ2n) is 1.61. The Labute approximate surface area is 70.5 Å². The molecule has 0 nitrogen and oxygen atoms in total. The van der Waals surface area contributed by atoms with Gasteiger partial charge in [-0.05, 0) is 12.5 Å². The molecule has 0 saturated heterocycles. The van der Waals surface area contributed by atoms with Gasteiger partial charge in [0.05, 0.1) is 0 Å². The quantitative estimate of drug-likeness (QED) is 0.400. The van der Waals surface area contributed by atoms with Crippen molar-refractivity contribution in [3.8, 4) is 0 Å². The molecule has 50 valence electrons. The van der Waals surface area contributed by atoms with Gasteiger partial charge in [-0.3, -0.25) is 0 Å². The maximum Gasteiger partial charge on any atom is 0.0246 e. The molecule has 1 heteroatoms. The molecule has 0 heterocycles. The topological polar surface area (TPSA) is 0 Å². The Hall–Kier alpha value is -0.0500. The summed E-state index contributed by atoms with van der Waals surface area (Å²) in [6, 6.07) is 0. The van der Waals surface area contributed by atoms with Crippen molar-refractivity contribution in [1.82, 2.24) is 0 Å². The first-order valence-corrected chi connectivity index (χ1v) is 4.38. The fourth-order valence-corrected chi connectivity index (χ4v) is 1.02. The highest BCUT2D eigenvalue weighted by molar-refractivity contribution is 14.1. The van der Waals surface area contributed by atoms with Crippen LogP contribution in [0, 0.1) is 0 Å². The summed E-state index contributed by atoms with van der Waals surface area (Å²) in [6.07, 6.45) is 7.96. The summed E-state index contributed by atoms with van der Waals surface area (Å²) in [7, 11) is 0. The van der Waals surface area contributed by atoms with Crippen LogP contribution in [0.1, 0.15) is 6.92 Å². The van der Waals surface area contributed by atoms with Gasteiger partial charge in [0, 0.05) is 4.43 Å². The molecule has 0 aliphatic heterocycles. The van der Waals surface area contributed by atoms with E-state index in [0.717, 1.165) is 4.43 Å². The third-order valence-corrected chi connectivity index (χ3v) is 1.75. The molecule has 0 aromatic carbocycles. The minimum atomic E-state index is 1.05. The lowest BCUT2D eigenvalue weighted by Crippen LogP contribution is -1.74. The van der Waals surface area contributed by atoms with Crippen molar-refractivity contribution in [2.24, 2.45) is 0 Å². The standard InChI is InChI=1S/C8H11I/c1-3-5-8(7-9)6-4-2/h3-6H,1,7H2,2H3/b6-4-,8-5+. The fraction of sp³-hybridized carbons (Fsp3) is 0.250. The summed E-state index contributed by atoms with van der Waals surface area (Å²) in [5.41, 5.74) is 1.31. The van der Waals surface area contributed by atoms with E-state index in [9.17, 15) is 0 Å². The van der Waals surface area contributed by atoms with E-state index < -0.39 is 0 Å². The average molecular weight is 234 g/mol. The lowest BCUT2D eigenvalue weighted by molar-refractivity contribution is 1.55. The van der Waals surface area contributed by atoms with Crippen molar-refractivity contribution < 1.29 is 0 Å². The van der Waals surface area contributed by atoms with E-state index in [2.05, 4.69) is 35.2 Å². The van der Waals surface area contributed by atoms with Gasteiger partial charge in [0.15, 0.2) is 0 Å². The van der Waals surface area contributed by atoms with Gasteiger partial charge < -0.3 is 0 Å². The van der Waals surface area contributed by atoms with Gasteiger partial charge >= 0.3 is 0 Å². The van der Waals surface area contributed by atoms with Crippen LogP contribution < -0.4 is 0 Å². The Balaban J connectivity index is 3.96. The molecule has 0 fully saturated rings. The van der Waals surface area contributed by atoms with Crippen LogP contribution in [0.5, 0.6) is 0 Å². The van der Waals surface area contributed by atoms with Crippen molar-refractivity contribution in [2.45, 2.75) is 6.92 Å². The van der Waals surface area contributed by atoms with Gasteiger partial charge in [0.1, 0.15) is 0 Å². The molecule has 0 aromatic heterocycles. The summed E-state index contributed by atoms with van der Waals surface area (Å²) in [5, 5.41) is 0. The predicted octanol–water partition coefficient (Wildman–Crippen LogP) is 3.11. The molecule has 0 spiro atoms. The van der Waals surface area contributed by atoms with Crippen LogP contribution >= 0.6 is 22.6 Å². The Morgan fingerprint density at radius 1 is 1.67 bits per heavy atom. The summed E-state index contributed by atoms with van der Waals surface area (Å²) in [6.45, 7) is 5.63. The number of hydrogen-bond acceptors (Lipinski definition) is 0. The minimum Gasteiger partial charge on any atom is -0.0991 e. The fourth-order valence-electron chi connectivity index (χ4n) is 0.510. The number of hydrogen-bond donors (Lipinski definition) is 0. The van der Waals surface area contributed by atoms with E-state index in [1.54, 1.807) is 0 Å². The average Bonchev–Trinajstić information content (AvgIpc) is 1.88. The third kappa shape index (κ3) is 4.45. The maximum absolute atomic E-state index is 3.62. The number of rotatable bonds is 3. The zero-order chi connectivity index (χ0) is 7.11. The summed E-state index contributed by atoms with van der Waals surface area (Å²) >= 11 is 2.33. The Morgan fingerprint density at radius 2 is 2.33 bits per heavy atom. The number of alkyl halides is 1. The van der Waals surface area contributed by atoms with Gasteiger partial charge in [0.25, 0.3) is 0 Å². The molecule has 0 atom stereocenters. The van der Waals surface area contributed by atoms with E-state index in [1.807, 2.05) is 25.2 Å². The molecule has 0 saturated carbocycles. The Kier molecular flexibility index (Phi) is 6.04. The molecule has 0 aliphatic carbocycles. The Bertz CT molecular complexity index is 132. The first kappa shape index (κ1) is 8.95. The zero-order valence-electron chi connectivity index (χ0n) is 5.60. The normalized spacial score (nSPS) is 12.4. The van der Waals surface area contributed by atoms with Crippen LogP contribution in [-0.4, -0.2) is 4.43 Å². The molecular weight excluding hydrogens is 223 g/mol. The van der Waals surface area contributed by atoms with Crippen molar-refractivity contribution >= 4 is 22.6 Å². The van der Waals surface area contributed by atoms with E-state index in [1.165, 1.54) is 5.57 Å². The molecule has 0 aromatic rings. The van der Waals surface area contributed by atoms with Gasteiger partial charge in [-0.25, -0.2) is 0 Å². The van der Waals surface area contributed by atoms with Crippen LogP contribution in [-0.2, 0) is 0 Å². The molecule has 0 N–H and O–H groups in total. The van der Waals surface area contributed by atoms with Gasteiger partial charge in [-0.1, -0.05) is 53.5 Å². The molecule has 0 amide bonds. The minimum absolute atomic E-state index is 1.05. The van der Waals surface area contributed by atoms with Crippen LogP contribution in [0.25, 0.3) is 0 Å². The van der Waals surface area contributed by atoms with E-state index in [-0.39, 0.29) is 0 Å². The molecule has 9 heavy (non-hydrogen) atoms. The van der Waals surface area contributed by atoms with Crippen molar-refractivity contribution in [2.75, 3.05) is 4.43 Å². The highest BCUT2D eigenvalue weighted by atomic mass is 127. The number of halogens is 1.